The number of aromatic nitrogens is 2. The third-order valence-electron chi connectivity index (χ3n) is 2.94. The molecule has 0 radical (unpaired) electrons. The van der Waals surface area contributed by atoms with E-state index in [-0.39, 0.29) is 0 Å². The van der Waals surface area contributed by atoms with Gasteiger partial charge in [0.05, 0.1) is 0 Å². The average molecular weight is 308 g/mol. The summed E-state index contributed by atoms with van der Waals surface area (Å²) in [6, 6.07) is 3.77. The Kier molecular flexibility index (Phi) is 4.94. The van der Waals surface area contributed by atoms with Crippen molar-refractivity contribution in [2.45, 2.75) is 12.5 Å². The molecule has 0 aromatic carbocycles. The predicted octanol–water partition coefficient (Wildman–Crippen LogP) is 1.15. The molecule has 0 aliphatic heterocycles. The zero-order valence-electron chi connectivity index (χ0n) is 11.4. The number of aliphatic carboxylic acids is 1. The maximum Gasteiger partial charge on any atom is 0.331 e. The highest BCUT2D eigenvalue weighted by Gasteiger charge is 2.22. The summed E-state index contributed by atoms with van der Waals surface area (Å²) in [7, 11) is 1.83. The first-order chi connectivity index (χ1) is 10.1. The summed E-state index contributed by atoms with van der Waals surface area (Å²) in [4.78, 5) is 23.5. The molecule has 0 spiro atoms. The Morgan fingerprint density at radius 2 is 2.29 bits per heavy atom. The SMILES string of the molecule is Cn1nccc1CCNC(=O)NC(C(=O)O)c1cccs1. The maximum atomic E-state index is 11.8. The van der Waals surface area contributed by atoms with Crippen molar-refractivity contribution >= 4 is 23.3 Å². The van der Waals surface area contributed by atoms with Crippen LogP contribution < -0.4 is 10.6 Å². The number of carboxylic acid groups (broad SMARTS) is 1. The lowest BCUT2D eigenvalue weighted by molar-refractivity contribution is -0.139. The van der Waals surface area contributed by atoms with Gasteiger partial charge in [-0.1, -0.05) is 6.07 Å². The summed E-state index contributed by atoms with van der Waals surface area (Å²) in [6.45, 7) is 0.405. The molecule has 1 unspecified atom stereocenters. The lowest BCUT2D eigenvalue weighted by Gasteiger charge is -2.13. The van der Waals surface area contributed by atoms with Crippen molar-refractivity contribution in [1.82, 2.24) is 20.4 Å². The molecule has 2 aromatic heterocycles. The number of thiophene rings is 1. The second-order valence-electron chi connectivity index (χ2n) is 4.38. The van der Waals surface area contributed by atoms with Crippen LogP contribution >= 0.6 is 11.3 Å². The summed E-state index contributed by atoms with van der Waals surface area (Å²) in [5, 5.41) is 20.1. The lowest BCUT2D eigenvalue weighted by Crippen LogP contribution is -2.41. The molecule has 0 saturated heterocycles. The van der Waals surface area contributed by atoms with Gasteiger partial charge in [0.1, 0.15) is 0 Å². The van der Waals surface area contributed by atoms with Gasteiger partial charge in [-0.05, 0) is 17.5 Å². The van der Waals surface area contributed by atoms with E-state index in [2.05, 4.69) is 15.7 Å². The highest BCUT2D eigenvalue weighted by atomic mass is 32.1. The minimum absolute atomic E-state index is 0.405. The molecule has 0 fully saturated rings. The minimum Gasteiger partial charge on any atom is -0.479 e. The van der Waals surface area contributed by atoms with Crippen LogP contribution in [0.15, 0.2) is 29.8 Å². The Balaban J connectivity index is 1.83. The first-order valence-electron chi connectivity index (χ1n) is 6.35. The number of hydrogen-bond donors (Lipinski definition) is 3. The second kappa shape index (κ2) is 6.89. The van der Waals surface area contributed by atoms with Gasteiger partial charge < -0.3 is 15.7 Å². The monoisotopic (exact) mass is 308 g/mol. The van der Waals surface area contributed by atoms with Gasteiger partial charge in [-0.3, -0.25) is 4.68 Å². The Bertz CT molecular complexity index is 609. The number of nitrogens with zero attached hydrogens (tertiary/aromatic N) is 2. The van der Waals surface area contributed by atoms with Crippen LogP contribution in [0.3, 0.4) is 0 Å². The van der Waals surface area contributed by atoms with Crippen LogP contribution in [0.1, 0.15) is 16.6 Å². The molecule has 7 nitrogen and oxygen atoms in total. The van der Waals surface area contributed by atoms with E-state index < -0.39 is 18.0 Å². The number of urea groups is 1. The Morgan fingerprint density at radius 1 is 1.48 bits per heavy atom. The molecule has 0 bridgehead atoms. The van der Waals surface area contributed by atoms with Gasteiger partial charge in [0.25, 0.3) is 0 Å². The van der Waals surface area contributed by atoms with Crippen LogP contribution in [0.2, 0.25) is 0 Å². The summed E-state index contributed by atoms with van der Waals surface area (Å²) in [5.74, 6) is -1.08. The van der Waals surface area contributed by atoms with E-state index in [4.69, 9.17) is 5.11 Å². The smallest absolute Gasteiger partial charge is 0.331 e. The molecule has 2 amide bonds. The van der Waals surface area contributed by atoms with Crippen LogP contribution in [0, 0.1) is 0 Å². The zero-order valence-corrected chi connectivity index (χ0v) is 12.3. The van der Waals surface area contributed by atoms with E-state index in [0.29, 0.717) is 17.8 Å². The van der Waals surface area contributed by atoms with Crippen molar-refractivity contribution in [3.05, 3.63) is 40.3 Å². The highest BCUT2D eigenvalue weighted by Crippen LogP contribution is 2.18. The number of hydrogen-bond acceptors (Lipinski definition) is 4. The normalized spacial score (nSPS) is 11.9. The average Bonchev–Trinajstić information content (AvgIpc) is 3.08. The first kappa shape index (κ1) is 15.0. The predicted molar refractivity (Wildman–Crippen MR) is 78.1 cm³/mol. The quantitative estimate of drug-likeness (QED) is 0.746. The molecule has 0 saturated carbocycles. The topological polar surface area (TPSA) is 96.3 Å². The second-order valence-corrected chi connectivity index (χ2v) is 5.36. The first-order valence-corrected chi connectivity index (χ1v) is 7.23. The number of carbonyl (C=O) groups is 2. The molecular weight excluding hydrogens is 292 g/mol. The van der Waals surface area contributed by atoms with Crippen molar-refractivity contribution in [1.29, 1.82) is 0 Å². The molecule has 0 aliphatic rings. The van der Waals surface area contributed by atoms with Gasteiger partial charge in [-0.25, -0.2) is 9.59 Å². The third-order valence-corrected chi connectivity index (χ3v) is 3.88. The number of rotatable bonds is 6. The summed E-state index contributed by atoms with van der Waals surface area (Å²) >= 11 is 1.29. The molecule has 2 rings (SSSR count). The molecule has 3 N–H and O–H groups in total. The van der Waals surface area contributed by atoms with E-state index in [1.165, 1.54) is 11.3 Å². The zero-order chi connectivity index (χ0) is 15.2. The number of amides is 2. The van der Waals surface area contributed by atoms with E-state index in [1.54, 1.807) is 28.4 Å². The maximum absolute atomic E-state index is 11.8. The van der Waals surface area contributed by atoms with Crippen LogP contribution in [0.5, 0.6) is 0 Å². The van der Waals surface area contributed by atoms with E-state index in [1.807, 2.05) is 13.1 Å². The van der Waals surface area contributed by atoms with Crippen LogP contribution in [0.4, 0.5) is 4.79 Å². The van der Waals surface area contributed by atoms with Gasteiger partial charge in [0.15, 0.2) is 6.04 Å². The van der Waals surface area contributed by atoms with Crippen LogP contribution in [0.25, 0.3) is 0 Å². The van der Waals surface area contributed by atoms with Gasteiger partial charge in [0, 0.05) is 36.8 Å². The van der Waals surface area contributed by atoms with Gasteiger partial charge in [-0.2, -0.15) is 5.10 Å². The summed E-state index contributed by atoms with van der Waals surface area (Å²) < 4.78 is 1.73. The molecule has 8 heteroatoms. The molecule has 2 heterocycles. The van der Waals surface area contributed by atoms with Crippen LogP contribution in [-0.4, -0.2) is 33.4 Å². The van der Waals surface area contributed by atoms with Crippen LogP contribution in [-0.2, 0) is 18.3 Å². The largest absolute Gasteiger partial charge is 0.479 e. The molecule has 2 aromatic rings. The standard InChI is InChI=1S/C13H16N4O3S/c1-17-9(5-7-15-17)4-6-14-13(20)16-11(12(18)19)10-3-2-8-21-10/h2-3,5,7-8,11H,4,6H2,1H3,(H,18,19)(H2,14,16,20). The molecule has 21 heavy (non-hydrogen) atoms. The lowest BCUT2D eigenvalue weighted by atomic mass is 10.2. The third kappa shape index (κ3) is 4.06. The Hall–Kier alpha value is -2.35. The van der Waals surface area contributed by atoms with Gasteiger partial charge >= 0.3 is 12.0 Å². The fraction of sp³-hybridized carbons (Fsp3) is 0.308. The van der Waals surface area contributed by atoms with E-state index >= 15 is 0 Å². The molecular formula is C13H16N4O3S. The van der Waals surface area contributed by atoms with Crippen molar-refractivity contribution in [3.8, 4) is 0 Å². The minimum atomic E-state index is -1.08. The highest BCUT2D eigenvalue weighted by molar-refractivity contribution is 7.10. The number of carboxylic acids is 1. The fourth-order valence-electron chi connectivity index (χ4n) is 1.84. The molecule has 0 aliphatic carbocycles. The number of nitrogens with one attached hydrogen (secondary N) is 2. The fourth-order valence-corrected chi connectivity index (χ4v) is 2.61. The molecule has 112 valence electrons. The number of carbonyl (C=O) groups excluding carboxylic acids is 1. The molecule has 1 atom stereocenters. The van der Waals surface area contributed by atoms with Gasteiger partial charge in [0.2, 0.25) is 0 Å². The summed E-state index contributed by atoms with van der Waals surface area (Å²) in [6.07, 6.45) is 2.31. The van der Waals surface area contributed by atoms with Gasteiger partial charge in [-0.15, -0.1) is 11.3 Å². The Morgan fingerprint density at radius 3 is 2.86 bits per heavy atom. The van der Waals surface area contributed by atoms with Crippen molar-refractivity contribution in [2.75, 3.05) is 6.54 Å². The van der Waals surface area contributed by atoms with Crippen molar-refractivity contribution in [3.63, 3.8) is 0 Å². The summed E-state index contributed by atoms with van der Waals surface area (Å²) in [5.41, 5.74) is 0.989. The van der Waals surface area contributed by atoms with E-state index in [0.717, 1.165) is 5.69 Å². The van der Waals surface area contributed by atoms with Crippen molar-refractivity contribution < 1.29 is 14.7 Å². The van der Waals surface area contributed by atoms with E-state index in [9.17, 15) is 9.59 Å². The Labute approximate surface area is 125 Å². The number of aryl methyl sites for hydroxylation is 1. The van der Waals surface area contributed by atoms with Crippen molar-refractivity contribution in [2.24, 2.45) is 7.05 Å².